The number of ether oxygens (including phenoxy) is 3. The molecule has 1 aliphatic rings. The Labute approximate surface area is 185 Å². The van der Waals surface area contributed by atoms with E-state index in [0.29, 0.717) is 29.1 Å². The van der Waals surface area contributed by atoms with Crippen molar-refractivity contribution < 1.29 is 23.8 Å². The van der Waals surface area contributed by atoms with Crippen LogP contribution in [0, 0.1) is 11.3 Å². The Bertz CT molecular complexity index is 1250. The molecule has 0 spiro atoms. The molecule has 0 bridgehead atoms. The lowest BCUT2D eigenvalue weighted by Crippen LogP contribution is -2.20. The van der Waals surface area contributed by atoms with Crippen molar-refractivity contribution in [2.75, 3.05) is 13.2 Å². The van der Waals surface area contributed by atoms with Crippen molar-refractivity contribution in [2.24, 2.45) is 0 Å². The van der Waals surface area contributed by atoms with Crippen molar-refractivity contribution in [2.45, 2.75) is 26.2 Å². The number of nitriles is 1. The summed E-state index contributed by atoms with van der Waals surface area (Å²) in [6, 6.07) is 16.9. The minimum atomic E-state index is -0.555. The van der Waals surface area contributed by atoms with E-state index in [2.05, 4.69) is 6.07 Å². The van der Waals surface area contributed by atoms with Crippen molar-refractivity contribution in [3.8, 4) is 11.9 Å². The first-order valence-corrected chi connectivity index (χ1v) is 10.4. The number of rotatable bonds is 4. The minimum Gasteiger partial charge on any atom is -0.463 e. The number of para-hydroxylation sites is 1. The van der Waals surface area contributed by atoms with Crippen LogP contribution >= 0.6 is 0 Å². The molecule has 1 unspecified atom stereocenters. The van der Waals surface area contributed by atoms with Gasteiger partial charge in [0.2, 0.25) is 5.88 Å². The molecule has 0 saturated carbocycles. The third-order valence-electron chi connectivity index (χ3n) is 5.31. The maximum atomic E-state index is 12.9. The molecule has 32 heavy (non-hydrogen) atoms. The Morgan fingerprint density at radius 2 is 1.84 bits per heavy atom. The third kappa shape index (κ3) is 3.83. The molecule has 1 aliphatic heterocycles. The van der Waals surface area contributed by atoms with Gasteiger partial charge in [0.15, 0.2) is 0 Å². The molecule has 0 fully saturated rings. The predicted octanol–water partition coefficient (Wildman–Crippen LogP) is 4.88. The van der Waals surface area contributed by atoms with E-state index in [9.17, 15) is 9.59 Å². The van der Waals surface area contributed by atoms with Crippen LogP contribution in [0.4, 0.5) is 4.79 Å². The van der Waals surface area contributed by atoms with Crippen LogP contribution in [-0.2, 0) is 14.3 Å². The van der Waals surface area contributed by atoms with Crippen LogP contribution < -0.4 is 4.74 Å². The molecule has 7 nitrogen and oxygen atoms in total. The molecule has 2 aromatic carbocycles. The molecule has 0 aliphatic carbocycles. The lowest BCUT2D eigenvalue weighted by Gasteiger charge is -2.26. The van der Waals surface area contributed by atoms with Crippen LogP contribution in [0.1, 0.15) is 42.9 Å². The summed E-state index contributed by atoms with van der Waals surface area (Å²) in [5, 5.41) is 10.0. The number of hydrogen-bond acceptors (Lipinski definition) is 6. The normalized spacial score (nSPS) is 16.2. The molecule has 1 aromatic heterocycles. The second-order valence-electron chi connectivity index (χ2n) is 7.23. The molecule has 0 N–H and O–H groups in total. The van der Waals surface area contributed by atoms with Crippen molar-refractivity contribution in [1.29, 1.82) is 5.26 Å². The molecule has 7 heteroatoms. The standard InChI is InChI=1S/C25H22N2O5/c1-3-30-22(28)14-18-13-20(17-11-9-16(15-26)10-12-17)23-19-7-5-6-8-21(19)27(24(23)32-18)25(29)31-4-2/h5-12,14,20H,3-4,13H2,1-2H3/b18-14+. The van der Waals surface area contributed by atoms with E-state index in [1.807, 2.05) is 36.4 Å². The lowest BCUT2D eigenvalue weighted by molar-refractivity contribution is -0.137. The number of allylic oxidation sites excluding steroid dienone is 1. The summed E-state index contributed by atoms with van der Waals surface area (Å²) in [4.78, 5) is 25.0. The largest absolute Gasteiger partial charge is 0.463 e. The number of aromatic nitrogens is 1. The number of fused-ring (bicyclic) bond motifs is 3. The van der Waals surface area contributed by atoms with Crippen molar-refractivity contribution >= 4 is 23.0 Å². The summed E-state index contributed by atoms with van der Waals surface area (Å²) in [6.07, 6.45) is 1.16. The summed E-state index contributed by atoms with van der Waals surface area (Å²) in [7, 11) is 0. The zero-order valence-corrected chi connectivity index (χ0v) is 17.8. The smallest absolute Gasteiger partial charge is 0.421 e. The number of carbonyl (C=O) groups is 2. The van der Waals surface area contributed by atoms with E-state index in [1.54, 1.807) is 26.0 Å². The van der Waals surface area contributed by atoms with Gasteiger partial charge in [-0.15, -0.1) is 0 Å². The Morgan fingerprint density at radius 1 is 1.12 bits per heavy atom. The molecule has 4 rings (SSSR count). The molecule has 2 heterocycles. The molecular formula is C25H22N2O5. The van der Waals surface area contributed by atoms with Crippen molar-refractivity contribution in [3.63, 3.8) is 0 Å². The Kier molecular flexibility index (Phi) is 5.95. The average molecular weight is 430 g/mol. The van der Waals surface area contributed by atoms with E-state index >= 15 is 0 Å². The molecular weight excluding hydrogens is 408 g/mol. The van der Waals surface area contributed by atoms with Gasteiger partial charge in [-0.05, 0) is 37.6 Å². The highest BCUT2D eigenvalue weighted by Gasteiger charge is 2.35. The Balaban J connectivity index is 1.94. The first-order chi connectivity index (χ1) is 15.6. The summed E-state index contributed by atoms with van der Waals surface area (Å²) < 4.78 is 17.8. The number of nitrogens with zero attached hydrogens (tertiary/aromatic N) is 2. The number of esters is 1. The van der Waals surface area contributed by atoms with Crippen molar-refractivity contribution in [1.82, 2.24) is 4.57 Å². The van der Waals surface area contributed by atoms with Crippen LogP contribution in [0.15, 0.2) is 60.4 Å². The van der Waals surface area contributed by atoms with Crippen LogP contribution in [0.5, 0.6) is 5.88 Å². The Hall–Kier alpha value is -4.05. The van der Waals surface area contributed by atoms with E-state index in [0.717, 1.165) is 16.5 Å². The molecule has 3 aromatic rings. The van der Waals surface area contributed by atoms with Gasteiger partial charge in [0.05, 0.1) is 36.4 Å². The second-order valence-corrected chi connectivity index (χ2v) is 7.23. The van der Waals surface area contributed by atoms with Gasteiger partial charge in [-0.1, -0.05) is 30.3 Å². The predicted molar refractivity (Wildman–Crippen MR) is 117 cm³/mol. The van der Waals surface area contributed by atoms with Gasteiger partial charge in [0, 0.05) is 23.3 Å². The van der Waals surface area contributed by atoms with Gasteiger partial charge in [0.25, 0.3) is 0 Å². The Morgan fingerprint density at radius 3 is 2.53 bits per heavy atom. The third-order valence-corrected chi connectivity index (χ3v) is 5.31. The first-order valence-electron chi connectivity index (χ1n) is 10.4. The quantitative estimate of drug-likeness (QED) is 0.433. The van der Waals surface area contributed by atoms with Crippen LogP contribution in [0.25, 0.3) is 10.9 Å². The molecule has 1 atom stereocenters. The maximum Gasteiger partial charge on any atom is 0.421 e. The highest BCUT2D eigenvalue weighted by molar-refractivity contribution is 5.96. The first kappa shape index (κ1) is 21.2. The number of hydrogen-bond donors (Lipinski definition) is 0. The second kappa shape index (κ2) is 8.98. The highest BCUT2D eigenvalue weighted by Crippen LogP contribution is 2.47. The average Bonchev–Trinajstić information content (AvgIpc) is 3.13. The van der Waals surface area contributed by atoms with Gasteiger partial charge < -0.3 is 14.2 Å². The SMILES string of the molecule is CCOC(=O)/C=C1\CC(c2ccc(C#N)cc2)c2c(n(C(=O)OCC)c3ccccc23)O1. The van der Waals surface area contributed by atoms with Gasteiger partial charge >= 0.3 is 12.1 Å². The monoisotopic (exact) mass is 430 g/mol. The van der Waals surface area contributed by atoms with E-state index in [1.165, 1.54) is 10.6 Å². The van der Waals surface area contributed by atoms with Gasteiger partial charge in [-0.2, -0.15) is 5.26 Å². The topological polar surface area (TPSA) is 90.6 Å². The van der Waals surface area contributed by atoms with E-state index < -0.39 is 12.1 Å². The van der Waals surface area contributed by atoms with Gasteiger partial charge in [-0.25, -0.2) is 14.2 Å². The molecule has 0 amide bonds. The molecule has 162 valence electrons. The fraction of sp³-hybridized carbons (Fsp3) is 0.240. The zero-order valence-electron chi connectivity index (χ0n) is 17.8. The van der Waals surface area contributed by atoms with E-state index in [-0.39, 0.29) is 19.1 Å². The summed E-state index contributed by atoms with van der Waals surface area (Å²) in [5.41, 5.74) is 2.98. The summed E-state index contributed by atoms with van der Waals surface area (Å²) >= 11 is 0. The number of carbonyl (C=O) groups excluding carboxylic acids is 2. The fourth-order valence-corrected chi connectivity index (χ4v) is 4.00. The molecule has 0 radical (unpaired) electrons. The van der Waals surface area contributed by atoms with Gasteiger partial charge in [-0.3, -0.25) is 0 Å². The highest BCUT2D eigenvalue weighted by atomic mass is 16.6. The zero-order chi connectivity index (χ0) is 22.7. The van der Waals surface area contributed by atoms with Crippen molar-refractivity contribution in [3.05, 3.63) is 77.1 Å². The van der Waals surface area contributed by atoms with Crippen LogP contribution in [0.3, 0.4) is 0 Å². The number of benzene rings is 2. The van der Waals surface area contributed by atoms with E-state index in [4.69, 9.17) is 19.5 Å². The maximum absolute atomic E-state index is 12.9. The molecule has 0 saturated heterocycles. The van der Waals surface area contributed by atoms with Crippen LogP contribution in [-0.4, -0.2) is 29.8 Å². The summed E-state index contributed by atoms with van der Waals surface area (Å²) in [5.74, 6) is -0.00413. The summed E-state index contributed by atoms with van der Waals surface area (Å²) in [6.45, 7) is 3.93. The van der Waals surface area contributed by atoms with Gasteiger partial charge in [0.1, 0.15) is 5.76 Å². The minimum absolute atomic E-state index is 0.201. The van der Waals surface area contributed by atoms with Crippen LogP contribution in [0.2, 0.25) is 0 Å². The fourth-order valence-electron chi connectivity index (χ4n) is 4.00. The lowest BCUT2D eigenvalue weighted by atomic mass is 9.85.